The number of carbonyl (C=O) groups excluding carboxylic acids is 3. The monoisotopic (exact) mass is 481 g/mol. The molecule has 2 fully saturated rings. The molecule has 0 atom stereocenters. The summed E-state index contributed by atoms with van der Waals surface area (Å²) < 4.78 is 6.69. The first-order chi connectivity index (χ1) is 16.5. The number of hydrogen-bond donors (Lipinski definition) is 4. The van der Waals surface area contributed by atoms with Gasteiger partial charge in [0.1, 0.15) is 11.5 Å². The number of urea groups is 1. The van der Waals surface area contributed by atoms with Crippen molar-refractivity contribution in [3.8, 4) is 10.6 Å². The summed E-state index contributed by atoms with van der Waals surface area (Å²) in [7, 11) is 1.63. The molecule has 0 spiro atoms. The zero-order chi connectivity index (χ0) is 23.7. The van der Waals surface area contributed by atoms with E-state index in [9.17, 15) is 14.4 Å². The van der Waals surface area contributed by atoms with Crippen LogP contribution in [0.25, 0.3) is 22.3 Å². The van der Waals surface area contributed by atoms with Gasteiger partial charge in [0.25, 0.3) is 11.8 Å². The van der Waals surface area contributed by atoms with E-state index in [2.05, 4.69) is 26.4 Å². The fraction of sp³-hybridized carbons (Fsp3) is 0.318. The average molecular weight is 482 g/mol. The minimum absolute atomic E-state index is 0.132. The number of thiophene rings is 1. The van der Waals surface area contributed by atoms with Gasteiger partial charge in [0.2, 0.25) is 0 Å². The highest BCUT2D eigenvalue weighted by atomic mass is 32.1. The van der Waals surface area contributed by atoms with Gasteiger partial charge < -0.3 is 20.7 Å². The molecule has 0 radical (unpaired) electrons. The van der Waals surface area contributed by atoms with Crippen molar-refractivity contribution in [3.05, 3.63) is 40.5 Å². The van der Waals surface area contributed by atoms with Gasteiger partial charge in [0, 0.05) is 37.9 Å². The summed E-state index contributed by atoms with van der Waals surface area (Å²) in [6, 6.07) is 5.37. The molecule has 5 rings (SSSR count). The number of ether oxygens (including phenoxy) is 1. The molecule has 2 aliphatic rings. The van der Waals surface area contributed by atoms with Gasteiger partial charge >= 0.3 is 6.03 Å². The summed E-state index contributed by atoms with van der Waals surface area (Å²) in [6.07, 6.45) is 6.05. The van der Waals surface area contributed by atoms with Gasteiger partial charge in [-0.2, -0.15) is 9.61 Å². The maximum atomic E-state index is 12.5. The maximum Gasteiger partial charge on any atom is 0.326 e. The van der Waals surface area contributed by atoms with Crippen LogP contribution in [-0.4, -0.2) is 58.7 Å². The molecule has 1 saturated carbocycles. The van der Waals surface area contributed by atoms with Gasteiger partial charge in [0.15, 0.2) is 5.65 Å². The fourth-order valence-corrected chi connectivity index (χ4v) is 4.37. The smallest absolute Gasteiger partial charge is 0.326 e. The lowest BCUT2D eigenvalue weighted by Crippen LogP contribution is -2.24. The van der Waals surface area contributed by atoms with Gasteiger partial charge in [-0.3, -0.25) is 14.9 Å². The van der Waals surface area contributed by atoms with Gasteiger partial charge in [0.05, 0.1) is 21.6 Å². The Bertz CT molecular complexity index is 1310. The van der Waals surface area contributed by atoms with E-state index < -0.39 is 11.9 Å². The number of amides is 4. The SMILES string of the molecule is COCCCNC(=O)c1ccc(-c2cc(NC3CC3)n3ncc(/C=C4\NC(=O)NC4=O)c3n2)s1. The minimum atomic E-state index is -0.566. The Morgan fingerprint density at radius 1 is 1.32 bits per heavy atom. The predicted octanol–water partition coefficient (Wildman–Crippen LogP) is 1.98. The largest absolute Gasteiger partial charge is 0.385 e. The van der Waals surface area contributed by atoms with E-state index in [4.69, 9.17) is 9.72 Å². The highest BCUT2D eigenvalue weighted by molar-refractivity contribution is 7.17. The van der Waals surface area contributed by atoms with Crippen LogP contribution in [0.2, 0.25) is 0 Å². The molecule has 176 valence electrons. The van der Waals surface area contributed by atoms with E-state index >= 15 is 0 Å². The Morgan fingerprint density at radius 2 is 2.18 bits per heavy atom. The zero-order valence-electron chi connectivity index (χ0n) is 18.4. The highest BCUT2D eigenvalue weighted by Crippen LogP contribution is 2.32. The van der Waals surface area contributed by atoms with Crippen molar-refractivity contribution in [2.45, 2.75) is 25.3 Å². The quantitative estimate of drug-likeness (QED) is 0.208. The standard InChI is InChI=1S/C22H23N7O4S/c1-33-8-2-7-23-21(31)17-6-5-16(34-17)14-10-18(25-13-3-4-13)29-19(26-14)12(11-24-29)9-15-20(30)28-22(32)27-15/h5-6,9-11,13,25H,2-4,7-8H2,1H3,(H,23,31)(H2,27,28,30,32)/b15-9-. The molecule has 4 heterocycles. The van der Waals surface area contributed by atoms with Crippen molar-refractivity contribution in [3.63, 3.8) is 0 Å². The Balaban J connectivity index is 1.47. The summed E-state index contributed by atoms with van der Waals surface area (Å²) in [5.74, 6) is 0.129. The molecule has 3 aromatic rings. The van der Waals surface area contributed by atoms with Crippen LogP contribution >= 0.6 is 11.3 Å². The van der Waals surface area contributed by atoms with Crippen LogP contribution < -0.4 is 21.3 Å². The first-order valence-electron chi connectivity index (χ1n) is 10.9. The van der Waals surface area contributed by atoms with Gasteiger partial charge in [-0.1, -0.05) is 0 Å². The molecule has 1 aliphatic heterocycles. The van der Waals surface area contributed by atoms with Crippen LogP contribution in [0.15, 0.2) is 30.1 Å². The third-order valence-electron chi connectivity index (χ3n) is 5.34. The number of anilines is 1. The fourth-order valence-electron chi connectivity index (χ4n) is 3.49. The molecule has 4 amide bonds. The molecular formula is C22H23N7O4S. The highest BCUT2D eigenvalue weighted by Gasteiger charge is 2.25. The molecule has 1 aliphatic carbocycles. The molecule has 11 nitrogen and oxygen atoms in total. The molecule has 3 aromatic heterocycles. The number of imide groups is 1. The molecule has 0 aromatic carbocycles. The predicted molar refractivity (Wildman–Crippen MR) is 126 cm³/mol. The molecule has 0 unspecified atom stereocenters. The second-order valence-electron chi connectivity index (χ2n) is 8.01. The number of fused-ring (bicyclic) bond motifs is 1. The molecule has 0 bridgehead atoms. The van der Waals surface area contributed by atoms with Crippen molar-refractivity contribution >= 4 is 46.7 Å². The van der Waals surface area contributed by atoms with Crippen LogP contribution in [0.1, 0.15) is 34.5 Å². The van der Waals surface area contributed by atoms with Crippen LogP contribution in [-0.2, 0) is 9.53 Å². The van der Waals surface area contributed by atoms with Crippen LogP contribution in [0.5, 0.6) is 0 Å². The maximum absolute atomic E-state index is 12.5. The molecule has 1 saturated heterocycles. The van der Waals surface area contributed by atoms with Gasteiger partial charge in [-0.25, -0.2) is 9.78 Å². The Kier molecular flexibility index (Phi) is 5.99. The van der Waals surface area contributed by atoms with E-state index in [0.717, 1.165) is 30.0 Å². The minimum Gasteiger partial charge on any atom is -0.385 e. The number of nitrogens with one attached hydrogen (secondary N) is 4. The number of nitrogens with zero attached hydrogens (tertiary/aromatic N) is 3. The Hall–Kier alpha value is -3.77. The van der Waals surface area contributed by atoms with Crippen molar-refractivity contribution in [1.29, 1.82) is 0 Å². The van der Waals surface area contributed by atoms with E-state index in [1.54, 1.807) is 30.0 Å². The van der Waals surface area contributed by atoms with Gasteiger partial charge in [-0.05, 0) is 37.5 Å². The average Bonchev–Trinajstić information content (AvgIpc) is 3.19. The van der Waals surface area contributed by atoms with Crippen molar-refractivity contribution < 1.29 is 19.1 Å². The second kappa shape index (κ2) is 9.23. The summed E-state index contributed by atoms with van der Waals surface area (Å²) in [5, 5.41) is 15.5. The van der Waals surface area contributed by atoms with E-state index in [0.29, 0.717) is 41.0 Å². The third-order valence-corrected chi connectivity index (χ3v) is 6.45. The Labute approximate surface area is 198 Å². The number of methoxy groups -OCH3 is 1. The second-order valence-corrected chi connectivity index (χ2v) is 9.10. The molecule has 12 heteroatoms. The Morgan fingerprint density at radius 3 is 2.91 bits per heavy atom. The zero-order valence-corrected chi connectivity index (χ0v) is 19.2. The van der Waals surface area contributed by atoms with Crippen LogP contribution in [0.4, 0.5) is 10.6 Å². The number of carbonyl (C=O) groups is 3. The number of rotatable bonds is 9. The summed E-state index contributed by atoms with van der Waals surface area (Å²) in [6.45, 7) is 1.13. The van der Waals surface area contributed by atoms with Crippen LogP contribution in [0.3, 0.4) is 0 Å². The molecule has 34 heavy (non-hydrogen) atoms. The molecule has 4 N–H and O–H groups in total. The summed E-state index contributed by atoms with van der Waals surface area (Å²) >= 11 is 1.35. The van der Waals surface area contributed by atoms with Crippen molar-refractivity contribution in [2.24, 2.45) is 0 Å². The lowest BCUT2D eigenvalue weighted by atomic mass is 10.2. The summed E-state index contributed by atoms with van der Waals surface area (Å²) in [5.41, 5.74) is 1.92. The van der Waals surface area contributed by atoms with E-state index in [1.165, 1.54) is 11.3 Å². The lowest BCUT2D eigenvalue weighted by Gasteiger charge is -2.09. The van der Waals surface area contributed by atoms with E-state index in [1.807, 2.05) is 12.1 Å². The number of aromatic nitrogens is 3. The van der Waals surface area contributed by atoms with Crippen LogP contribution in [0, 0.1) is 0 Å². The summed E-state index contributed by atoms with van der Waals surface area (Å²) in [4.78, 5) is 42.1. The lowest BCUT2D eigenvalue weighted by molar-refractivity contribution is -0.115. The topological polar surface area (TPSA) is 139 Å². The number of hydrogen-bond acceptors (Lipinski definition) is 8. The first kappa shape index (κ1) is 22.0. The third kappa shape index (κ3) is 4.63. The van der Waals surface area contributed by atoms with Crippen molar-refractivity contribution in [1.82, 2.24) is 30.5 Å². The normalized spacial score (nSPS) is 16.7. The molecular weight excluding hydrogens is 458 g/mol. The van der Waals surface area contributed by atoms with Gasteiger partial charge in [-0.15, -0.1) is 11.3 Å². The van der Waals surface area contributed by atoms with Crippen molar-refractivity contribution in [2.75, 3.05) is 25.6 Å². The first-order valence-corrected chi connectivity index (χ1v) is 11.7. The van der Waals surface area contributed by atoms with E-state index in [-0.39, 0.29) is 11.6 Å².